The number of piperidine rings is 1. The third kappa shape index (κ3) is 4.43. The van der Waals surface area contributed by atoms with Crippen LogP contribution in [0, 0.1) is 5.41 Å². The monoisotopic (exact) mass is 348 g/mol. The number of carbonyl (C=O) groups is 1. The summed E-state index contributed by atoms with van der Waals surface area (Å²) in [5, 5.41) is 0. The van der Waals surface area contributed by atoms with Gasteiger partial charge in [0.15, 0.2) is 0 Å². The van der Waals surface area contributed by atoms with Crippen molar-refractivity contribution >= 4 is 5.91 Å². The summed E-state index contributed by atoms with van der Waals surface area (Å²) in [6.07, 6.45) is 4.13. The lowest BCUT2D eigenvalue weighted by Gasteiger charge is -2.43. The molecule has 1 spiro atoms. The molecule has 2 saturated heterocycles. The molecule has 1 aromatic heterocycles. The normalized spacial score (nSPS) is 25.5. The Labute approximate surface area is 151 Å². The predicted octanol–water partition coefficient (Wildman–Crippen LogP) is 1.14. The van der Waals surface area contributed by atoms with Crippen LogP contribution in [0.4, 0.5) is 0 Å². The van der Waals surface area contributed by atoms with Crippen molar-refractivity contribution in [3.05, 3.63) is 24.0 Å². The van der Waals surface area contributed by atoms with Crippen LogP contribution in [-0.4, -0.2) is 91.8 Å². The van der Waals surface area contributed by atoms with Crippen LogP contribution < -0.4 is 0 Å². The van der Waals surface area contributed by atoms with Crippen molar-refractivity contribution in [2.75, 3.05) is 66.6 Å². The Kier molecular flexibility index (Phi) is 5.81. The first-order valence-electron chi connectivity index (χ1n) is 9.35. The van der Waals surface area contributed by atoms with Gasteiger partial charge in [-0.05, 0) is 39.1 Å². The molecule has 140 valence electrons. The number of nitrogens with zero attached hydrogens (tertiary/aromatic N) is 4. The van der Waals surface area contributed by atoms with E-state index in [1.165, 1.54) is 0 Å². The van der Waals surface area contributed by atoms with E-state index in [4.69, 9.17) is 4.74 Å². The van der Waals surface area contributed by atoms with E-state index in [0.717, 1.165) is 71.0 Å². The van der Waals surface area contributed by atoms with Gasteiger partial charge in [-0.3, -0.25) is 9.69 Å². The van der Waals surface area contributed by atoms with Crippen LogP contribution in [0.3, 0.4) is 0 Å². The third-order valence-corrected chi connectivity index (χ3v) is 5.49. The Morgan fingerprint density at radius 3 is 2.88 bits per heavy atom. The van der Waals surface area contributed by atoms with Gasteiger partial charge in [0, 0.05) is 57.9 Å². The maximum atomic E-state index is 12.9. The fourth-order valence-corrected chi connectivity index (χ4v) is 4.09. The van der Waals surface area contributed by atoms with Crippen LogP contribution in [-0.2, 0) is 11.8 Å². The second kappa shape index (κ2) is 7.89. The van der Waals surface area contributed by atoms with E-state index in [0.29, 0.717) is 0 Å². The van der Waals surface area contributed by atoms with Crippen molar-refractivity contribution in [3.8, 4) is 0 Å². The van der Waals surface area contributed by atoms with E-state index in [9.17, 15) is 4.79 Å². The molecular formula is C19H32N4O2. The molecule has 1 atom stereocenters. The largest absolute Gasteiger partial charge is 0.379 e. The van der Waals surface area contributed by atoms with Gasteiger partial charge in [0.25, 0.3) is 5.91 Å². The maximum Gasteiger partial charge on any atom is 0.270 e. The minimum atomic E-state index is 0.0713. The highest BCUT2D eigenvalue weighted by Gasteiger charge is 2.40. The van der Waals surface area contributed by atoms with Crippen molar-refractivity contribution in [3.63, 3.8) is 0 Å². The molecule has 1 amide bonds. The zero-order valence-corrected chi connectivity index (χ0v) is 15.9. The summed E-state index contributed by atoms with van der Waals surface area (Å²) in [4.78, 5) is 19.7. The van der Waals surface area contributed by atoms with E-state index >= 15 is 0 Å². The Hall–Kier alpha value is -1.37. The Morgan fingerprint density at radius 2 is 2.16 bits per heavy atom. The maximum absolute atomic E-state index is 12.9. The lowest BCUT2D eigenvalue weighted by Crippen LogP contribution is -2.52. The summed E-state index contributed by atoms with van der Waals surface area (Å²) in [7, 11) is 6.17. The zero-order chi connectivity index (χ0) is 17.9. The topological polar surface area (TPSA) is 41.0 Å². The van der Waals surface area contributed by atoms with Crippen LogP contribution in [0.25, 0.3) is 0 Å². The molecule has 25 heavy (non-hydrogen) atoms. The lowest BCUT2D eigenvalue weighted by molar-refractivity contribution is 0.00680. The molecule has 2 aliphatic rings. The number of carbonyl (C=O) groups excluding carboxylic acids is 1. The zero-order valence-electron chi connectivity index (χ0n) is 15.9. The van der Waals surface area contributed by atoms with Gasteiger partial charge in [-0.15, -0.1) is 0 Å². The molecule has 0 saturated carbocycles. The molecule has 1 unspecified atom stereocenters. The molecule has 2 aliphatic heterocycles. The highest BCUT2D eigenvalue weighted by molar-refractivity contribution is 5.92. The molecule has 0 aliphatic carbocycles. The van der Waals surface area contributed by atoms with E-state index in [-0.39, 0.29) is 11.3 Å². The molecular weight excluding hydrogens is 316 g/mol. The van der Waals surface area contributed by atoms with Crippen molar-refractivity contribution in [1.29, 1.82) is 0 Å². The number of likely N-dealkylation sites (N-methyl/N-ethyl adjacent to an activating group) is 1. The molecule has 0 radical (unpaired) electrons. The summed E-state index contributed by atoms with van der Waals surface area (Å²) in [5.41, 5.74) is 0.845. The molecule has 3 heterocycles. The molecule has 2 fully saturated rings. The van der Waals surface area contributed by atoms with Crippen LogP contribution in [0.5, 0.6) is 0 Å². The summed E-state index contributed by atoms with van der Waals surface area (Å²) in [6, 6.07) is 3.85. The Balaban J connectivity index is 1.69. The fraction of sp³-hybridized carbons (Fsp3) is 0.737. The first-order valence-corrected chi connectivity index (χ1v) is 9.35. The summed E-state index contributed by atoms with van der Waals surface area (Å²) in [6.45, 7) is 7.34. The quantitative estimate of drug-likeness (QED) is 0.818. The Morgan fingerprint density at radius 1 is 1.32 bits per heavy atom. The van der Waals surface area contributed by atoms with Gasteiger partial charge in [0.1, 0.15) is 5.69 Å². The second-order valence-corrected chi connectivity index (χ2v) is 7.97. The van der Waals surface area contributed by atoms with E-state index in [1.807, 2.05) is 34.8 Å². The smallest absolute Gasteiger partial charge is 0.270 e. The van der Waals surface area contributed by atoms with Gasteiger partial charge >= 0.3 is 0 Å². The average Bonchev–Trinajstić information content (AvgIpc) is 2.92. The first kappa shape index (κ1) is 18.4. The SMILES string of the molecule is CN(C)CCN1CCOCC2(CCCN(C(=O)c3cccn3C)C2)C1. The van der Waals surface area contributed by atoms with E-state index < -0.39 is 0 Å². The third-order valence-electron chi connectivity index (χ3n) is 5.49. The van der Waals surface area contributed by atoms with Crippen molar-refractivity contribution < 1.29 is 9.53 Å². The number of amides is 1. The van der Waals surface area contributed by atoms with Gasteiger partial charge in [-0.1, -0.05) is 0 Å². The molecule has 6 nitrogen and oxygen atoms in total. The van der Waals surface area contributed by atoms with Gasteiger partial charge in [-0.2, -0.15) is 0 Å². The molecule has 0 bridgehead atoms. The van der Waals surface area contributed by atoms with Crippen molar-refractivity contribution in [2.45, 2.75) is 12.8 Å². The number of hydrogen-bond donors (Lipinski definition) is 0. The minimum Gasteiger partial charge on any atom is -0.379 e. The van der Waals surface area contributed by atoms with Gasteiger partial charge in [0.2, 0.25) is 0 Å². The number of likely N-dealkylation sites (tertiary alicyclic amines) is 1. The van der Waals surface area contributed by atoms with Crippen LogP contribution in [0.15, 0.2) is 18.3 Å². The number of aromatic nitrogens is 1. The number of ether oxygens (including phenoxy) is 1. The number of rotatable bonds is 4. The van der Waals surface area contributed by atoms with E-state index in [1.54, 1.807) is 0 Å². The highest BCUT2D eigenvalue weighted by Crippen LogP contribution is 2.33. The van der Waals surface area contributed by atoms with Crippen molar-refractivity contribution in [1.82, 2.24) is 19.3 Å². The summed E-state index contributed by atoms with van der Waals surface area (Å²) < 4.78 is 7.88. The minimum absolute atomic E-state index is 0.0713. The molecule has 6 heteroatoms. The first-order chi connectivity index (χ1) is 12.0. The van der Waals surface area contributed by atoms with E-state index in [2.05, 4.69) is 23.9 Å². The molecule has 3 rings (SSSR count). The molecule has 0 aromatic carbocycles. The van der Waals surface area contributed by atoms with Gasteiger partial charge < -0.3 is 19.1 Å². The molecule has 0 N–H and O–H groups in total. The average molecular weight is 348 g/mol. The second-order valence-electron chi connectivity index (χ2n) is 7.97. The summed E-state index contributed by atoms with van der Waals surface area (Å²) in [5.74, 6) is 0.149. The highest BCUT2D eigenvalue weighted by atomic mass is 16.5. The Bertz CT molecular complexity index is 586. The van der Waals surface area contributed by atoms with Crippen LogP contribution >= 0.6 is 0 Å². The number of hydrogen-bond acceptors (Lipinski definition) is 4. The van der Waals surface area contributed by atoms with Crippen LogP contribution in [0.2, 0.25) is 0 Å². The summed E-state index contributed by atoms with van der Waals surface area (Å²) >= 11 is 0. The predicted molar refractivity (Wildman–Crippen MR) is 98.8 cm³/mol. The number of aryl methyl sites for hydroxylation is 1. The van der Waals surface area contributed by atoms with Crippen LogP contribution in [0.1, 0.15) is 23.3 Å². The van der Waals surface area contributed by atoms with Gasteiger partial charge in [-0.25, -0.2) is 0 Å². The fourth-order valence-electron chi connectivity index (χ4n) is 4.09. The lowest BCUT2D eigenvalue weighted by atomic mass is 9.80. The van der Waals surface area contributed by atoms with Gasteiger partial charge in [0.05, 0.1) is 13.2 Å². The molecule has 1 aromatic rings. The van der Waals surface area contributed by atoms with Crippen molar-refractivity contribution in [2.24, 2.45) is 12.5 Å². The standard InChI is InChI=1S/C19H32N4O2/c1-20(2)10-11-22-12-13-25-16-19(14-22)7-5-9-23(15-19)18(24)17-6-4-8-21(17)3/h4,6,8H,5,7,9-16H2,1-3H3.